The molecule has 0 saturated carbocycles. The Labute approximate surface area is 77.1 Å². The molecule has 0 amide bonds. The molecule has 1 aliphatic carbocycles. The molecule has 0 saturated heterocycles. The van der Waals surface area contributed by atoms with Crippen LogP contribution in [0.25, 0.3) is 6.08 Å². The highest BCUT2D eigenvalue weighted by Crippen LogP contribution is 2.32. The number of hydrogen-bond donors (Lipinski definition) is 1. The minimum Gasteiger partial charge on any atom is -0.324 e. The van der Waals surface area contributed by atoms with Crippen LogP contribution in [0.1, 0.15) is 33.9 Å². The van der Waals surface area contributed by atoms with E-state index in [9.17, 15) is 4.79 Å². The lowest BCUT2D eigenvalue weighted by molar-refractivity contribution is 0.0989. The Bertz CT molecular complexity index is 382. The Balaban J connectivity index is 2.68. The molecule has 1 aromatic rings. The Hall–Kier alpha value is -1.41. The first-order chi connectivity index (χ1) is 6.24. The molecule has 1 aromatic carbocycles. The Kier molecular flexibility index (Phi) is 1.78. The van der Waals surface area contributed by atoms with Gasteiger partial charge in [0.25, 0.3) is 0 Å². The first kappa shape index (κ1) is 8.20. The number of carbonyl (C=O) groups is 1. The van der Waals surface area contributed by atoms with Gasteiger partial charge >= 0.3 is 0 Å². The van der Waals surface area contributed by atoms with Gasteiger partial charge in [0, 0.05) is 18.0 Å². The van der Waals surface area contributed by atoms with Crippen molar-refractivity contribution in [2.75, 3.05) is 0 Å². The van der Waals surface area contributed by atoms with Crippen LogP contribution in [-0.2, 0) is 0 Å². The van der Waals surface area contributed by atoms with Crippen molar-refractivity contribution < 1.29 is 4.79 Å². The molecule has 0 bridgehead atoms. The van der Waals surface area contributed by atoms with Crippen LogP contribution in [0, 0.1) is 0 Å². The second-order valence-electron chi connectivity index (χ2n) is 3.25. The second kappa shape index (κ2) is 2.82. The first-order valence-electron chi connectivity index (χ1n) is 4.28. The fourth-order valence-corrected chi connectivity index (χ4v) is 1.83. The molecule has 1 atom stereocenters. The van der Waals surface area contributed by atoms with Gasteiger partial charge in [-0.1, -0.05) is 30.9 Å². The molecule has 0 radical (unpaired) electrons. The maximum absolute atomic E-state index is 11.4. The largest absolute Gasteiger partial charge is 0.324 e. The van der Waals surface area contributed by atoms with Crippen LogP contribution in [-0.4, -0.2) is 5.78 Å². The van der Waals surface area contributed by atoms with E-state index in [2.05, 4.69) is 6.58 Å². The van der Waals surface area contributed by atoms with E-state index in [1.165, 1.54) is 0 Å². The van der Waals surface area contributed by atoms with E-state index < -0.39 is 0 Å². The van der Waals surface area contributed by atoms with Gasteiger partial charge in [0.1, 0.15) is 0 Å². The third kappa shape index (κ3) is 1.11. The average molecular weight is 173 g/mol. The summed E-state index contributed by atoms with van der Waals surface area (Å²) in [4.78, 5) is 11.4. The summed E-state index contributed by atoms with van der Waals surface area (Å²) in [5, 5.41) is 0. The van der Waals surface area contributed by atoms with E-state index in [0.717, 1.165) is 16.7 Å². The first-order valence-corrected chi connectivity index (χ1v) is 4.28. The van der Waals surface area contributed by atoms with Crippen molar-refractivity contribution in [2.24, 2.45) is 5.73 Å². The molecular weight excluding hydrogens is 162 g/mol. The zero-order valence-corrected chi connectivity index (χ0v) is 7.29. The third-order valence-electron chi connectivity index (χ3n) is 2.44. The van der Waals surface area contributed by atoms with Crippen molar-refractivity contribution in [3.8, 4) is 0 Å². The highest BCUT2D eigenvalue weighted by atomic mass is 16.1. The molecule has 0 spiro atoms. The van der Waals surface area contributed by atoms with E-state index >= 15 is 0 Å². The summed E-state index contributed by atoms with van der Waals surface area (Å²) in [6.07, 6.45) is 2.18. The van der Waals surface area contributed by atoms with Gasteiger partial charge < -0.3 is 5.73 Å². The predicted octanol–water partition coefficient (Wildman–Crippen LogP) is 1.92. The monoisotopic (exact) mass is 173 g/mol. The summed E-state index contributed by atoms with van der Waals surface area (Å²) in [7, 11) is 0. The molecule has 0 aliphatic heterocycles. The van der Waals surface area contributed by atoms with E-state index in [1.807, 2.05) is 18.2 Å². The second-order valence-corrected chi connectivity index (χ2v) is 3.25. The molecule has 0 heterocycles. The lowest BCUT2D eigenvalue weighted by Crippen LogP contribution is -2.07. The van der Waals surface area contributed by atoms with Crippen LogP contribution in [0.3, 0.4) is 0 Å². The van der Waals surface area contributed by atoms with Gasteiger partial charge in [0.05, 0.1) is 0 Å². The molecule has 66 valence electrons. The van der Waals surface area contributed by atoms with Crippen LogP contribution in [0.4, 0.5) is 0 Å². The van der Waals surface area contributed by atoms with Crippen LogP contribution in [0.15, 0.2) is 24.8 Å². The van der Waals surface area contributed by atoms with Crippen LogP contribution >= 0.6 is 0 Å². The van der Waals surface area contributed by atoms with Crippen molar-refractivity contribution in [1.29, 1.82) is 0 Å². The SMILES string of the molecule is C=Cc1cccc2c1[C@@H](N)CC2=O. The Morgan fingerprint density at radius 3 is 3.00 bits per heavy atom. The van der Waals surface area contributed by atoms with E-state index in [4.69, 9.17) is 5.73 Å². The zero-order valence-electron chi connectivity index (χ0n) is 7.29. The topological polar surface area (TPSA) is 43.1 Å². The van der Waals surface area contributed by atoms with Gasteiger partial charge in [-0.3, -0.25) is 4.79 Å². The standard InChI is InChI=1S/C11H11NO/c1-2-7-4-3-5-8-10(13)6-9(12)11(7)8/h2-5,9H,1,6,12H2/t9-/m0/s1. The summed E-state index contributed by atoms with van der Waals surface area (Å²) in [5.41, 5.74) is 8.56. The molecular formula is C11H11NO. The normalized spacial score (nSPS) is 20.1. The smallest absolute Gasteiger partial charge is 0.165 e. The maximum atomic E-state index is 11.4. The fraction of sp³-hybridized carbons (Fsp3) is 0.182. The number of carbonyl (C=O) groups excluding carboxylic acids is 1. The fourth-order valence-electron chi connectivity index (χ4n) is 1.83. The molecule has 2 N–H and O–H groups in total. The van der Waals surface area contributed by atoms with Crippen LogP contribution in [0.2, 0.25) is 0 Å². The number of Topliss-reactive ketones (excluding diaryl/α,β-unsaturated/α-hetero) is 1. The van der Waals surface area contributed by atoms with Gasteiger partial charge in [-0.25, -0.2) is 0 Å². The van der Waals surface area contributed by atoms with E-state index in [-0.39, 0.29) is 11.8 Å². The number of nitrogens with two attached hydrogens (primary N) is 1. The number of hydrogen-bond acceptors (Lipinski definition) is 2. The van der Waals surface area contributed by atoms with Gasteiger partial charge in [-0.05, 0) is 11.1 Å². The van der Waals surface area contributed by atoms with Crippen molar-refractivity contribution in [1.82, 2.24) is 0 Å². The summed E-state index contributed by atoms with van der Waals surface area (Å²) < 4.78 is 0. The van der Waals surface area contributed by atoms with E-state index in [0.29, 0.717) is 6.42 Å². The Morgan fingerprint density at radius 2 is 2.31 bits per heavy atom. The molecule has 0 aromatic heterocycles. The number of benzene rings is 1. The van der Waals surface area contributed by atoms with Crippen LogP contribution < -0.4 is 5.73 Å². The highest BCUT2D eigenvalue weighted by molar-refractivity contribution is 6.02. The lowest BCUT2D eigenvalue weighted by Gasteiger charge is -2.06. The quantitative estimate of drug-likeness (QED) is 0.705. The minimum absolute atomic E-state index is 0.142. The van der Waals surface area contributed by atoms with Crippen LogP contribution in [0.5, 0.6) is 0 Å². The Morgan fingerprint density at radius 1 is 1.54 bits per heavy atom. The van der Waals surface area contributed by atoms with E-state index in [1.54, 1.807) is 6.08 Å². The zero-order chi connectivity index (χ0) is 9.42. The van der Waals surface area contributed by atoms with Gasteiger partial charge in [0.2, 0.25) is 0 Å². The van der Waals surface area contributed by atoms with Gasteiger partial charge in [0.15, 0.2) is 5.78 Å². The summed E-state index contributed by atoms with van der Waals surface area (Å²) in [6.45, 7) is 3.70. The van der Waals surface area contributed by atoms with Gasteiger partial charge in [-0.15, -0.1) is 0 Å². The molecule has 2 nitrogen and oxygen atoms in total. The molecule has 1 aliphatic rings. The molecule has 2 rings (SSSR count). The molecule has 0 fully saturated rings. The molecule has 13 heavy (non-hydrogen) atoms. The average Bonchev–Trinajstić information content (AvgIpc) is 2.43. The predicted molar refractivity (Wildman–Crippen MR) is 52.4 cm³/mol. The summed E-state index contributed by atoms with van der Waals surface area (Å²) in [5.74, 6) is 0.145. The molecule has 0 unspecified atom stereocenters. The third-order valence-corrected chi connectivity index (χ3v) is 2.44. The minimum atomic E-state index is -0.142. The maximum Gasteiger partial charge on any atom is 0.165 e. The van der Waals surface area contributed by atoms with Crippen molar-refractivity contribution >= 4 is 11.9 Å². The highest BCUT2D eigenvalue weighted by Gasteiger charge is 2.27. The number of ketones is 1. The number of fused-ring (bicyclic) bond motifs is 1. The summed E-state index contributed by atoms with van der Waals surface area (Å²) in [6, 6.07) is 5.49. The number of rotatable bonds is 1. The van der Waals surface area contributed by atoms with Crippen molar-refractivity contribution in [2.45, 2.75) is 12.5 Å². The lowest BCUT2D eigenvalue weighted by atomic mass is 10.0. The van der Waals surface area contributed by atoms with Crippen molar-refractivity contribution in [3.05, 3.63) is 41.5 Å². The van der Waals surface area contributed by atoms with Gasteiger partial charge in [-0.2, -0.15) is 0 Å². The molecule has 2 heteroatoms. The van der Waals surface area contributed by atoms with Crippen molar-refractivity contribution in [3.63, 3.8) is 0 Å². The summed E-state index contributed by atoms with van der Waals surface area (Å²) >= 11 is 0.